The number of fused-ring (bicyclic) bond motifs is 1. The fourth-order valence-electron chi connectivity index (χ4n) is 4.25. The predicted molar refractivity (Wildman–Crippen MR) is 117 cm³/mol. The van der Waals surface area contributed by atoms with Crippen LogP contribution in [0.15, 0.2) is 66.7 Å². The Hall–Kier alpha value is -4.14. The SMILES string of the molecule is C[C@@H](C(=O)c1ccccc1)N(C(=O)c1ccc([N+](=O)[O-])cc1)N1C(=O)[C@H]2CC=CC[C@H]2C1=O. The zero-order valence-electron chi connectivity index (χ0n) is 17.8. The van der Waals surface area contributed by atoms with Crippen molar-refractivity contribution in [3.05, 3.63) is 88.0 Å². The number of nitrogens with zero attached hydrogens (tertiary/aromatic N) is 3. The van der Waals surface area contributed by atoms with Gasteiger partial charge in [0.15, 0.2) is 5.78 Å². The number of carbonyl (C=O) groups excluding carboxylic acids is 4. The number of non-ortho nitro benzene ring substituents is 1. The lowest BCUT2D eigenvalue weighted by Gasteiger charge is -2.34. The van der Waals surface area contributed by atoms with Crippen molar-refractivity contribution in [1.29, 1.82) is 0 Å². The lowest BCUT2D eigenvalue weighted by Crippen LogP contribution is -2.56. The molecule has 2 aromatic rings. The minimum absolute atomic E-state index is 0.0157. The lowest BCUT2D eigenvalue weighted by molar-refractivity contribution is -0.384. The second-order valence-corrected chi connectivity index (χ2v) is 8.00. The standard InChI is InChI=1S/C24H21N3O6/c1-15(21(28)16-7-3-2-4-8-16)25(22(29)17-11-13-18(14-12-17)27(32)33)26-23(30)19-9-5-6-10-20(19)24(26)31/h2-8,11-15,19-20H,9-10H2,1H3/t15-,19-,20+/m0/s1. The molecule has 3 atom stereocenters. The van der Waals surface area contributed by atoms with Crippen molar-refractivity contribution in [2.45, 2.75) is 25.8 Å². The molecule has 1 aliphatic carbocycles. The molecule has 1 heterocycles. The van der Waals surface area contributed by atoms with Gasteiger partial charge in [0.05, 0.1) is 16.8 Å². The van der Waals surface area contributed by atoms with Gasteiger partial charge in [-0.3, -0.25) is 29.3 Å². The van der Waals surface area contributed by atoms with Crippen LogP contribution in [0.1, 0.15) is 40.5 Å². The molecule has 2 aromatic carbocycles. The predicted octanol–water partition coefficient (Wildman–Crippen LogP) is 3.17. The van der Waals surface area contributed by atoms with Crippen molar-refractivity contribution in [3.63, 3.8) is 0 Å². The first kappa shape index (κ1) is 22.1. The Balaban J connectivity index is 1.74. The summed E-state index contributed by atoms with van der Waals surface area (Å²) < 4.78 is 0. The van der Waals surface area contributed by atoms with Crippen LogP contribution in [0.4, 0.5) is 5.69 Å². The van der Waals surface area contributed by atoms with Crippen LogP contribution in [0.3, 0.4) is 0 Å². The number of hydrogen-bond acceptors (Lipinski definition) is 6. The second-order valence-electron chi connectivity index (χ2n) is 8.00. The van der Waals surface area contributed by atoms with Gasteiger partial charge < -0.3 is 0 Å². The number of hydrogen-bond donors (Lipinski definition) is 0. The number of allylic oxidation sites excluding steroid dienone is 2. The van der Waals surface area contributed by atoms with Crippen molar-refractivity contribution < 1.29 is 24.1 Å². The third-order valence-electron chi connectivity index (χ3n) is 6.04. The minimum Gasteiger partial charge on any atom is -0.292 e. The van der Waals surface area contributed by atoms with Gasteiger partial charge in [-0.25, -0.2) is 5.01 Å². The Morgan fingerprint density at radius 1 is 0.939 bits per heavy atom. The van der Waals surface area contributed by atoms with Gasteiger partial charge in [0, 0.05) is 23.3 Å². The number of nitro benzene ring substituents is 1. The van der Waals surface area contributed by atoms with E-state index in [1.54, 1.807) is 30.3 Å². The number of carbonyl (C=O) groups is 4. The summed E-state index contributed by atoms with van der Waals surface area (Å²) in [6, 6.07) is 11.9. The third-order valence-corrected chi connectivity index (χ3v) is 6.04. The van der Waals surface area contributed by atoms with Gasteiger partial charge in [-0.2, -0.15) is 5.01 Å². The molecule has 3 amide bonds. The van der Waals surface area contributed by atoms with Crippen molar-refractivity contribution >= 4 is 29.2 Å². The van der Waals surface area contributed by atoms with Gasteiger partial charge in [-0.15, -0.1) is 0 Å². The highest BCUT2D eigenvalue weighted by molar-refractivity contribution is 6.10. The summed E-state index contributed by atoms with van der Waals surface area (Å²) in [4.78, 5) is 63.5. The van der Waals surface area contributed by atoms with Crippen molar-refractivity contribution in [3.8, 4) is 0 Å². The molecule has 4 rings (SSSR count). The molecule has 1 fully saturated rings. The Labute approximate surface area is 189 Å². The van der Waals surface area contributed by atoms with Crippen LogP contribution in [-0.4, -0.2) is 44.5 Å². The normalized spacial score (nSPS) is 20.3. The number of benzene rings is 2. The van der Waals surface area contributed by atoms with E-state index < -0.39 is 46.3 Å². The van der Waals surface area contributed by atoms with Crippen molar-refractivity contribution in [1.82, 2.24) is 10.0 Å². The maximum atomic E-state index is 13.5. The third kappa shape index (κ3) is 3.93. The highest BCUT2D eigenvalue weighted by atomic mass is 16.6. The maximum absolute atomic E-state index is 13.5. The molecule has 0 bridgehead atoms. The van der Waals surface area contributed by atoms with E-state index in [1.165, 1.54) is 19.1 Å². The molecule has 9 heteroatoms. The Kier molecular flexibility index (Phi) is 5.87. The van der Waals surface area contributed by atoms with E-state index in [2.05, 4.69) is 0 Å². The molecule has 0 saturated carbocycles. The van der Waals surface area contributed by atoms with Gasteiger partial charge in [0.25, 0.3) is 23.4 Å². The number of hydrazine groups is 1. The molecular weight excluding hydrogens is 426 g/mol. The first-order chi connectivity index (χ1) is 15.8. The summed E-state index contributed by atoms with van der Waals surface area (Å²) in [5.74, 6) is -3.45. The highest BCUT2D eigenvalue weighted by Crippen LogP contribution is 2.37. The average Bonchev–Trinajstić information content (AvgIpc) is 3.09. The lowest BCUT2D eigenvalue weighted by atomic mass is 9.85. The highest BCUT2D eigenvalue weighted by Gasteiger charge is 2.52. The topological polar surface area (TPSA) is 118 Å². The number of imide groups is 1. The first-order valence-corrected chi connectivity index (χ1v) is 10.5. The van der Waals surface area contributed by atoms with E-state index in [0.29, 0.717) is 18.4 Å². The van der Waals surface area contributed by atoms with Crippen LogP contribution in [0.25, 0.3) is 0 Å². The maximum Gasteiger partial charge on any atom is 0.273 e. The summed E-state index contributed by atoms with van der Waals surface area (Å²) in [5, 5.41) is 12.7. The molecule has 9 nitrogen and oxygen atoms in total. The van der Waals surface area contributed by atoms with Gasteiger partial charge in [-0.1, -0.05) is 42.5 Å². The Bertz CT molecular complexity index is 1130. The molecule has 0 radical (unpaired) electrons. The molecule has 1 saturated heterocycles. The summed E-state index contributed by atoms with van der Waals surface area (Å²) >= 11 is 0. The molecule has 0 aromatic heterocycles. The van der Waals surface area contributed by atoms with Crippen LogP contribution >= 0.6 is 0 Å². The summed E-state index contributed by atoms with van der Waals surface area (Å²) in [6.07, 6.45) is 4.42. The molecule has 0 N–H and O–H groups in total. The van der Waals surface area contributed by atoms with Crippen LogP contribution in [-0.2, 0) is 9.59 Å². The summed E-state index contributed by atoms with van der Waals surface area (Å²) in [5.41, 5.74) is 0.128. The molecular formula is C24H21N3O6. The zero-order valence-corrected chi connectivity index (χ0v) is 17.8. The van der Waals surface area contributed by atoms with E-state index in [-0.39, 0.29) is 11.3 Å². The van der Waals surface area contributed by atoms with E-state index in [0.717, 1.165) is 22.2 Å². The Morgan fingerprint density at radius 3 is 2.00 bits per heavy atom. The van der Waals surface area contributed by atoms with E-state index >= 15 is 0 Å². The van der Waals surface area contributed by atoms with Crippen molar-refractivity contribution in [2.75, 3.05) is 0 Å². The molecule has 1 aliphatic heterocycles. The molecule has 2 aliphatic rings. The van der Waals surface area contributed by atoms with Crippen LogP contribution in [0.5, 0.6) is 0 Å². The number of Topliss-reactive ketones (excluding diaryl/α,β-unsaturated/α-hetero) is 1. The van der Waals surface area contributed by atoms with Crippen molar-refractivity contribution in [2.24, 2.45) is 11.8 Å². The number of rotatable bonds is 6. The van der Waals surface area contributed by atoms with Gasteiger partial charge in [0.1, 0.15) is 6.04 Å². The molecule has 0 spiro atoms. The molecule has 0 unspecified atom stereocenters. The minimum atomic E-state index is -1.17. The monoisotopic (exact) mass is 447 g/mol. The van der Waals surface area contributed by atoms with Crippen LogP contribution < -0.4 is 0 Å². The second kappa shape index (κ2) is 8.78. The fourth-order valence-corrected chi connectivity index (χ4v) is 4.25. The van der Waals surface area contributed by atoms with E-state index in [4.69, 9.17) is 0 Å². The largest absolute Gasteiger partial charge is 0.292 e. The average molecular weight is 447 g/mol. The fraction of sp³-hybridized carbons (Fsp3) is 0.250. The van der Waals surface area contributed by atoms with Gasteiger partial charge >= 0.3 is 0 Å². The summed E-state index contributed by atoms with van der Waals surface area (Å²) in [6.45, 7) is 1.46. The zero-order chi connectivity index (χ0) is 23.7. The summed E-state index contributed by atoms with van der Waals surface area (Å²) in [7, 11) is 0. The molecule has 168 valence electrons. The van der Waals surface area contributed by atoms with Crippen LogP contribution in [0.2, 0.25) is 0 Å². The smallest absolute Gasteiger partial charge is 0.273 e. The number of ketones is 1. The molecule has 33 heavy (non-hydrogen) atoms. The van der Waals surface area contributed by atoms with Crippen LogP contribution in [0, 0.1) is 22.0 Å². The number of amides is 3. The Morgan fingerprint density at radius 2 is 1.48 bits per heavy atom. The van der Waals surface area contributed by atoms with Gasteiger partial charge in [-0.05, 0) is 31.9 Å². The number of nitro groups is 1. The first-order valence-electron chi connectivity index (χ1n) is 10.5. The van der Waals surface area contributed by atoms with E-state index in [1.807, 2.05) is 12.2 Å². The van der Waals surface area contributed by atoms with Gasteiger partial charge in [0.2, 0.25) is 0 Å². The quantitative estimate of drug-likeness (QED) is 0.221. The van der Waals surface area contributed by atoms with E-state index in [9.17, 15) is 29.3 Å².